The molecule has 0 aromatic carbocycles. The molecule has 2 aliphatic rings. The molecule has 114 valence electrons. The van der Waals surface area contributed by atoms with Crippen LogP contribution in [0, 0.1) is 5.92 Å². The fourth-order valence-corrected chi connectivity index (χ4v) is 4.08. The van der Waals surface area contributed by atoms with E-state index in [4.69, 9.17) is 0 Å². The molecule has 0 spiro atoms. The number of thiophene rings is 1. The molecule has 3 rings (SSSR count). The number of hydrogen-bond acceptors (Lipinski definition) is 3. The Bertz CT molecular complexity index is 550. The third-order valence-electron chi connectivity index (χ3n) is 4.54. The molecule has 0 radical (unpaired) electrons. The summed E-state index contributed by atoms with van der Waals surface area (Å²) in [4.78, 5) is 28.1. The van der Waals surface area contributed by atoms with Crippen LogP contribution in [0.3, 0.4) is 0 Å². The van der Waals surface area contributed by atoms with E-state index in [9.17, 15) is 9.59 Å². The number of hydrogen-bond donors (Lipinski definition) is 1. The van der Waals surface area contributed by atoms with Crippen molar-refractivity contribution in [1.82, 2.24) is 10.2 Å². The van der Waals surface area contributed by atoms with Crippen molar-refractivity contribution >= 4 is 23.2 Å². The third-order valence-corrected chi connectivity index (χ3v) is 5.49. The highest BCUT2D eigenvalue weighted by Crippen LogP contribution is 2.36. The molecule has 0 bridgehead atoms. The summed E-state index contributed by atoms with van der Waals surface area (Å²) in [5, 5.41) is 5.01. The monoisotopic (exact) mass is 306 g/mol. The largest absolute Gasteiger partial charge is 0.342 e. The Balaban J connectivity index is 1.84. The first-order valence-electron chi connectivity index (χ1n) is 7.81. The van der Waals surface area contributed by atoms with E-state index >= 15 is 0 Å². The lowest BCUT2D eigenvalue weighted by Crippen LogP contribution is -2.63. The Hall–Kier alpha value is -1.36. The highest BCUT2D eigenvalue weighted by Gasteiger charge is 2.46. The number of nitrogens with one attached hydrogen (secondary N) is 1. The molecular formula is C16H22N2O2S. The maximum Gasteiger partial charge on any atom is 0.246 e. The normalized spacial score (nSPS) is 26.1. The molecule has 1 aromatic heterocycles. The number of carbonyl (C=O) groups is 2. The van der Waals surface area contributed by atoms with Gasteiger partial charge in [0.2, 0.25) is 11.8 Å². The van der Waals surface area contributed by atoms with E-state index in [0.717, 1.165) is 19.3 Å². The van der Waals surface area contributed by atoms with Crippen molar-refractivity contribution < 1.29 is 9.59 Å². The van der Waals surface area contributed by atoms with E-state index in [1.54, 1.807) is 11.3 Å². The van der Waals surface area contributed by atoms with Gasteiger partial charge >= 0.3 is 0 Å². The van der Waals surface area contributed by atoms with E-state index in [2.05, 4.69) is 23.7 Å². The van der Waals surface area contributed by atoms with Crippen LogP contribution in [0.15, 0.2) is 11.4 Å². The summed E-state index contributed by atoms with van der Waals surface area (Å²) in [6.07, 6.45) is 3.75. The molecule has 2 atom stereocenters. The van der Waals surface area contributed by atoms with Gasteiger partial charge in [0.1, 0.15) is 12.1 Å². The Labute approximate surface area is 129 Å². The van der Waals surface area contributed by atoms with Crippen LogP contribution in [-0.4, -0.2) is 28.8 Å². The Morgan fingerprint density at radius 1 is 1.33 bits per heavy atom. The molecule has 1 aromatic rings. The predicted octanol–water partition coefficient (Wildman–Crippen LogP) is 2.33. The fraction of sp³-hybridized carbons (Fsp3) is 0.625. The minimum atomic E-state index is -0.320. The van der Waals surface area contributed by atoms with Crippen LogP contribution in [0.4, 0.5) is 0 Å². The number of carbonyl (C=O) groups excluding carboxylic acids is 2. The number of piperazine rings is 1. The second-order valence-electron chi connectivity index (χ2n) is 5.94. The first-order chi connectivity index (χ1) is 10.2. The van der Waals surface area contributed by atoms with E-state index in [1.165, 1.54) is 10.4 Å². The second kappa shape index (κ2) is 5.79. The number of amides is 2. The number of aryl methyl sites for hydroxylation is 1. The molecule has 2 amide bonds. The topological polar surface area (TPSA) is 49.4 Å². The van der Waals surface area contributed by atoms with E-state index in [0.29, 0.717) is 18.9 Å². The van der Waals surface area contributed by atoms with Gasteiger partial charge in [0.15, 0.2) is 0 Å². The van der Waals surface area contributed by atoms with Crippen molar-refractivity contribution in [2.75, 3.05) is 0 Å². The molecule has 4 nitrogen and oxygen atoms in total. The van der Waals surface area contributed by atoms with Crippen molar-refractivity contribution in [3.63, 3.8) is 0 Å². The molecule has 1 aliphatic carbocycles. The molecule has 1 N–H and O–H groups in total. The van der Waals surface area contributed by atoms with Crippen molar-refractivity contribution in [3.05, 3.63) is 21.9 Å². The van der Waals surface area contributed by atoms with Crippen molar-refractivity contribution in [3.8, 4) is 0 Å². The van der Waals surface area contributed by atoms with Crippen LogP contribution in [0.2, 0.25) is 0 Å². The molecule has 1 saturated carbocycles. The standard InChI is InChI=1S/C16H22N2O2S/c1-3-10-7-8-21-13(10)9-18-12(4-2)15(19)17-14(16(18)20)11-5-6-11/h7-8,11-12,14H,3-6,9H2,1-2H3,(H,17,19). The smallest absolute Gasteiger partial charge is 0.246 e. The summed E-state index contributed by atoms with van der Waals surface area (Å²) in [7, 11) is 0. The quantitative estimate of drug-likeness (QED) is 0.907. The van der Waals surface area contributed by atoms with Crippen LogP contribution in [0.5, 0.6) is 0 Å². The van der Waals surface area contributed by atoms with Gasteiger partial charge in [-0.3, -0.25) is 9.59 Å². The summed E-state index contributed by atoms with van der Waals surface area (Å²) in [5.74, 6) is 0.485. The van der Waals surface area contributed by atoms with Crippen LogP contribution < -0.4 is 5.32 Å². The molecule has 2 heterocycles. The van der Waals surface area contributed by atoms with Gasteiger partial charge in [-0.25, -0.2) is 0 Å². The maximum atomic E-state index is 12.8. The molecule has 1 aliphatic heterocycles. The van der Waals surface area contributed by atoms with Crippen molar-refractivity contribution in [2.24, 2.45) is 5.92 Å². The summed E-state index contributed by atoms with van der Waals surface area (Å²) in [6.45, 7) is 4.67. The van der Waals surface area contributed by atoms with Gasteiger partial charge < -0.3 is 10.2 Å². The lowest BCUT2D eigenvalue weighted by Gasteiger charge is -2.38. The average Bonchev–Trinajstić information content (AvgIpc) is 3.22. The van der Waals surface area contributed by atoms with Gasteiger partial charge in [0.25, 0.3) is 0 Å². The summed E-state index contributed by atoms with van der Waals surface area (Å²) >= 11 is 1.68. The highest BCUT2D eigenvalue weighted by atomic mass is 32.1. The highest BCUT2D eigenvalue weighted by molar-refractivity contribution is 7.10. The summed E-state index contributed by atoms with van der Waals surface area (Å²) in [5.41, 5.74) is 1.29. The van der Waals surface area contributed by atoms with Crippen LogP contribution in [-0.2, 0) is 22.6 Å². The molecule has 2 fully saturated rings. The van der Waals surface area contributed by atoms with E-state index in [-0.39, 0.29) is 23.9 Å². The molecule has 1 saturated heterocycles. The maximum absolute atomic E-state index is 12.8. The summed E-state index contributed by atoms with van der Waals surface area (Å²) in [6, 6.07) is 1.51. The minimum Gasteiger partial charge on any atom is -0.342 e. The van der Waals surface area contributed by atoms with Crippen molar-refractivity contribution in [1.29, 1.82) is 0 Å². The second-order valence-corrected chi connectivity index (χ2v) is 6.94. The lowest BCUT2D eigenvalue weighted by atomic mass is 10.0. The zero-order valence-corrected chi connectivity index (χ0v) is 13.4. The van der Waals surface area contributed by atoms with Crippen LogP contribution >= 0.6 is 11.3 Å². The molecule has 2 unspecified atom stereocenters. The zero-order chi connectivity index (χ0) is 15.0. The van der Waals surface area contributed by atoms with Crippen LogP contribution in [0.1, 0.15) is 43.6 Å². The van der Waals surface area contributed by atoms with E-state index < -0.39 is 0 Å². The van der Waals surface area contributed by atoms with E-state index in [1.807, 2.05) is 11.8 Å². The zero-order valence-electron chi connectivity index (χ0n) is 12.6. The first kappa shape index (κ1) is 14.6. The van der Waals surface area contributed by atoms with Gasteiger partial charge in [-0.05, 0) is 48.6 Å². The third kappa shape index (κ3) is 2.71. The van der Waals surface area contributed by atoms with Crippen molar-refractivity contribution in [2.45, 2.75) is 58.2 Å². The van der Waals surface area contributed by atoms with Gasteiger partial charge in [-0.15, -0.1) is 11.3 Å². The van der Waals surface area contributed by atoms with Gasteiger partial charge in [-0.1, -0.05) is 13.8 Å². The molecule has 5 heteroatoms. The fourth-order valence-electron chi connectivity index (χ4n) is 3.10. The number of nitrogens with zero attached hydrogens (tertiary/aromatic N) is 1. The Morgan fingerprint density at radius 2 is 2.10 bits per heavy atom. The molecular weight excluding hydrogens is 284 g/mol. The van der Waals surface area contributed by atoms with Crippen LogP contribution in [0.25, 0.3) is 0 Å². The average molecular weight is 306 g/mol. The minimum absolute atomic E-state index is 0.0172. The Kier molecular flexibility index (Phi) is 4.02. The Morgan fingerprint density at radius 3 is 2.71 bits per heavy atom. The summed E-state index contributed by atoms with van der Waals surface area (Å²) < 4.78 is 0. The lowest BCUT2D eigenvalue weighted by molar-refractivity contribution is -0.150. The number of rotatable bonds is 5. The SMILES string of the molecule is CCc1ccsc1CN1C(=O)C(C2CC2)NC(=O)C1CC. The van der Waals surface area contributed by atoms with Gasteiger partial charge in [-0.2, -0.15) is 0 Å². The van der Waals surface area contributed by atoms with Gasteiger partial charge in [0.05, 0.1) is 6.54 Å². The first-order valence-corrected chi connectivity index (χ1v) is 8.69. The molecule has 21 heavy (non-hydrogen) atoms. The predicted molar refractivity (Wildman–Crippen MR) is 83.0 cm³/mol. The van der Waals surface area contributed by atoms with Gasteiger partial charge in [0, 0.05) is 4.88 Å².